The lowest BCUT2D eigenvalue weighted by atomic mass is 10.0. The van der Waals surface area contributed by atoms with Crippen LogP contribution in [0.3, 0.4) is 0 Å². The molecule has 1 aliphatic heterocycles. The maximum Gasteiger partial charge on any atom is 0.123 e. The Morgan fingerprint density at radius 1 is 0.867 bits per heavy atom. The van der Waals surface area contributed by atoms with E-state index in [-0.39, 0.29) is 11.9 Å². The molecule has 0 spiro atoms. The zero-order valence-electron chi connectivity index (χ0n) is 16.6. The molecule has 0 radical (unpaired) electrons. The van der Waals surface area contributed by atoms with Crippen molar-refractivity contribution in [3.63, 3.8) is 0 Å². The Kier molecular flexibility index (Phi) is 4.64. The average Bonchev–Trinajstić information content (AvgIpc) is 3.43. The summed E-state index contributed by atoms with van der Waals surface area (Å²) in [6, 6.07) is 25.1. The van der Waals surface area contributed by atoms with Gasteiger partial charge in [0.15, 0.2) is 0 Å². The van der Waals surface area contributed by atoms with Crippen LogP contribution in [-0.2, 0) is 0 Å². The fourth-order valence-electron chi connectivity index (χ4n) is 3.75. The summed E-state index contributed by atoms with van der Waals surface area (Å²) in [6.07, 6.45) is 4.66. The quantitative estimate of drug-likeness (QED) is 0.445. The van der Waals surface area contributed by atoms with Gasteiger partial charge in [0.25, 0.3) is 0 Å². The van der Waals surface area contributed by atoms with Gasteiger partial charge in [-0.05, 0) is 48.9 Å². The van der Waals surface area contributed by atoms with E-state index in [1.54, 1.807) is 16.8 Å². The molecule has 0 saturated carbocycles. The predicted octanol–water partition coefficient (Wildman–Crippen LogP) is 5.68. The van der Waals surface area contributed by atoms with Crippen LogP contribution in [-0.4, -0.2) is 15.5 Å². The van der Waals surface area contributed by atoms with Gasteiger partial charge in [-0.2, -0.15) is 10.2 Å². The van der Waals surface area contributed by atoms with E-state index in [2.05, 4.69) is 53.4 Å². The van der Waals surface area contributed by atoms with E-state index in [9.17, 15) is 4.39 Å². The Bertz CT molecular complexity index is 1180. The van der Waals surface area contributed by atoms with Crippen molar-refractivity contribution >= 4 is 11.4 Å². The number of aromatic nitrogens is 2. The topological polar surface area (TPSA) is 33.4 Å². The van der Waals surface area contributed by atoms with Crippen LogP contribution in [0.25, 0.3) is 5.69 Å². The van der Waals surface area contributed by atoms with Crippen LogP contribution in [0.4, 0.5) is 10.1 Å². The largest absolute Gasteiger partial charge is 0.257 e. The normalized spacial score (nSPS) is 16.0. The number of hydrogen-bond donors (Lipinski definition) is 0. The lowest BCUT2D eigenvalue weighted by Gasteiger charge is -2.22. The molecule has 1 unspecified atom stereocenters. The first-order chi connectivity index (χ1) is 14.7. The third-order valence-corrected chi connectivity index (χ3v) is 5.39. The highest BCUT2D eigenvalue weighted by molar-refractivity contribution is 6.03. The summed E-state index contributed by atoms with van der Waals surface area (Å²) >= 11 is 0. The summed E-state index contributed by atoms with van der Waals surface area (Å²) in [7, 11) is 0. The van der Waals surface area contributed by atoms with Gasteiger partial charge in [0.1, 0.15) is 5.82 Å². The third kappa shape index (κ3) is 3.50. The molecule has 1 atom stereocenters. The van der Waals surface area contributed by atoms with Gasteiger partial charge < -0.3 is 0 Å². The van der Waals surface area contributed by atoms with Crippen molar-refractivity contribution in [1.29, 1.82) is 0 Å². The molecule has 4 nitrogen and oxygen atoms in total. The molecule has 2 heterocycles. The molecule has 0 bridgehead atoms. The number of benzene rings is 3. The molecule has 0 saturated heterocycles. The van der Waals surface area contributed by atoms with Crippen molar-refractivity contribution < 1.29 is 4.39 Å². The summed E-state index contributed by atoms with van der Waals surface area (Å²) in [5.74, 6) is -0.256. The number of nitrogens with zero attached hydrogens (tertiary/aromatic N) is 4. The highest BCUT2D eigenvalue weighted by Crippen LogP contribution is 2.36. The number of aryl methyl sites for hydroxylation is 1. The van der Waals surface area contributed by atoms with E-state index < -0.39 is 0 Å². The summed E-state index contributed by atoms with van der Waals surface area (Å²) in [6.45, 7) is 2.08. The SMILES string of the molecule is Cc1ccc(N2N=C(c3ccccc3)CC2c2cnn(-c3ccc(F)cc3)c2)cc1. The van der Waals surface area contributed by atoms with Gasteiger partial charge >= 0.3 is 0 Å². The van der Waals surface area contributed by atoms with Crippen LogP contribution >= 0.6 is 0 Å². The van der Waals surface area contributed by atoms with E-state index in [0.29, 0.717) is 0 Å². The first-order valence-electron chi connectivity index (χ1n) is 9.97. The van der Waals surface area contributed by atoms with Crippen LogP contribution in [0.2, 0.25) is 0 Å². The molecule has 30 heavy (non-hydrogen) atoms. The minimum atomic E-state index is -0.256. The third-order valence-electron chi connectivity index (χ3n) is 5.39. The highest BCUT2D eigenvalue weighted by Gasteiger charge is 2.31. The van der Waals surface area contributed by atoms with E-state index >= 15 is 0 Å². The fourth-order valence-corrected chi connectivity index (χ4v) is 3.75. The monoisotopic (exact) mass is 396 g/mol. The minimum absolute atomic E-state index is 0.0390. The number of rotatable bonds is 4. The average molecular weight is 396 g/mol. The molecule has 0 N–H and O–H groups in total. The predicted molar refractivity (Wildman–Crippen MR) is 118 cm³/mol. The van der Waals surface area contributed by atoms with E-state index in [1.165, 1.54) is 17.7 Å². The van der Waals surface area contributed by atoms with Crippen molar-refractivity contribution in [2.24, 2.45) is 5.10 Å². The maximum atomic E-state index is 13.3. The van der Waals surface area contributed by atoms with Gasteiger partial charge in [-0.1, -0.05) is 48.0 Å². The number of anilines is 1. The second kappa shape index (κ2) is 7.59. The Labute approximate surface area is 174 Å². The van der Waals surface area contributed by atoms with Crippen LogP contribution < -0.4 is 5.01 Å². The number of hydrogen-bond acceptors (Lipinski definition) is 3. The van der Waals surface area contributed by atoms with Gasteiger partial charge in [0.2, 0.25) is 0 Å². The van der Waals surface area contributed by atoms with Crippen molar-refractivity contribution in [2.45, 2.75) is 19.4 Å². The van der Waals surface area contributed by atoms with Crippen LogP contribution in [0, 0.1) is 12.7 Å². The molecule has 3 aromatic carbocycles. The van der Waals surface area contributed by atoms with Gasteiger partial charge in [-0.3, -0.25) is 5.01 Å². The van der Waals surface area contributed by atoms with Crippen LogP contribution in [0.1, 0.15) is 29.2 Å². The minimum Gasteiger partial charge on any atom is -0.257 e. The molecule has 1 aliphatic rings. The summed E-state index contributed by atoms with van der Waals surface area (Å²) < 4.78 is 15.1. The van der Waals surface area contributed by atoms with E-state index in [0.717, 1.165) is 34.6 Å². The Hall–Kier alpha value is -3.73. The molecule has 0 amide bonds. The lowest BCUT2D eigenvalue weighted by molar-refractivity contribution is 0.627. The fraction of sp³-hybridized carbons (Fsp3) is 0.120. The molecule has 0 fully saturated rings. The smallest absolute Gasteiger partial charge is 0.123 e. The maximum absolute atomic E-state index is 13.3. The molecular weight excluding hydrogens is 375 g/mol. The van der Waals surface area contributed by atoms with Crippen LogP contribution in [0.15, 0.2) is 96.4 Å². The van der Waals surface area contributed by atoms with E-state index in [4.69, 9.17) is 5.10 Å². The van der Waals surface area contributed by atoms with Gasteiger partial charge in [0.05, 0.1) is 29.3 Å². The van der Waals surface area contributed by atoms with Gasteiger partial charge in [-0.25, -0.2) is 9.07 Å². The molecule has 5 heteroatoms. The van der Waals surface area contributed by atoms with Gasteiger partial charge in [0, 0.05) is 18.2 Å². The van der Waals surface area contributed by atoms with Crippen molar-refractivity contribution in [3.8, 4) is 5.69 Å². The summed E-state index contributed by atoms with van der Waals surface area (Å²) in [5.41, 5.74) is 6.33. The van der Waals surface area contributed by atoms with E-state index in [1.807, 2.05) is 30.6 Å². The summed E-state index contributed by atoms with van der Waals surface area (Å²) in [5, 5.41) is 11.6. The number of halogens is 1. The molecule has 5 rings (SSSR count). The first-order valence-corrected chi connectivity index (χ1v) is 9.97. The van der Waals surface area contributed by atoms with Crippen molar-refractivity contribution in [3.05, 3.63) is 114 Å². The highest BCUT2D eigenvalue weighted by atomic mass is 19.1. The molecule has 0 aliphatic carbocycles. The molecule has 1 aromatic heterocycles. The number of hydrazone groups is 1. The van der Waals surface area contributed by atoms with Crippen molar-refractivity contribution in [2.75, 3.05) is 5.01 Å². The zero-order valence-corrected chi connectivity index (χ0v) is 16.6. The van der Waals surface area contributed by atoms with Gasteiger partial charge in [-0.15, -0.1) is 0 Å². The first kappa shape index (κ1) is 18.3. The van der Waals surface area contributed by atoms with Crippen LogP contribution in [0.5, 0.6) is 0 Å². The van der Waals surface area contributed by atoms with Crippen molar-refractivity contribution in [1.82, 2.24) is 9.78 Å². The standard InChI is InChI=1S/C25H21FN4/c1-18-7-11-23(12-8-18)30-25(15-24(28-30)19-5-3-2-4-6-19)20-16-27-29(17-20)22-13-9-21(26)10-14-22/h2-14,16-17,25H,15H2,1H3. The second-order valence-corrected chi connectivity index (χ2v) is 7.51. The Morgan fingerprint density at radius 3 is 2.30 bits per heavy atom. The zero-order chi connectivity index (χ0) is 20.5. The lowest BCUT2D eigenvalue weighted by Crippen LogP contribution is -2.18. The Morgan fingerprint density at radius 2 is 1.57 bits per heavy atom. The Balaban J connectivity index is 1.51. The summed E-state index contributed by atoms with van der Waals surface area (Å²) in [4.78, 5) is 0. The molecular formula is C25H21FN4. The second-order valence-electron chi connectivity index (χ2n) is 7.51. The molecule has 4 aromatic rings. The molecule has 148 valence electrons.